The van der Waals surface area contributed by atoms with E-state index in [0.717, 1.165) is 4.47 Å². The number of nitrogen functional groups attached to an aromatic ring is 1. The zero-order valence-corrected chi connectivity index (χ0v) is 12.7. The third-order valence-electron chi connectivity index (χ3n) is 3.14. The summed E-state index contributed by atoms with van der Waals surface area (Å²) in [5.41, 5.74) is 8.09. The summed E-state index contributed by atoms with van der Waals surface area (Å²) in [4.78, 5) is 13.9. The fourth-order valence-corrected chi connectivity index (χ4v) is 2.38. The molecule has 0 atom stereocenters. The maximum absolute atomic E-state index is 13.2. The second-order valence-electron chi connectivity index (χ2n) is 4.51. The number of hydrogen-bond acceptors (Lipinski definition) is 2. The smallest absolute Gasteiger partial charge is 0.258 e. The molecule has 104 valence electrons. The van der Waals surface area contributed by atoms with Crippen LogP contribution in [0.1, 0.15) is 15.9 Å². The van der Waals surface area contributed by atoms with Crippen LogP contribution in [0.15, 0.2) is 40.9 Å². The maximum Gasteiger partial charge on any atom is 0.258 e. The van der Waals surface area contributed by atoms with E-state index in [-0.39, 0.29) is 11.7 Å². The van der Waals surface area contributed by atoms with Crippen molar-refractivity contribution < 1.29 is 9.18 Å². The summed E-state index contributed by atoms with van der Waals surface area (Å²) in [6.07, 6.45) is 0. The highest BCUT2D eigenvalue weighted by Crippen LogP contribution is 2.25. The predicted molar refractivity (Wildman–Crippen MR) is 82.4 cm³/mol. The molecule has 0 aliphatic carbocycles. The van der Waals surface area contributed by atoms with Crippen molar-refractivity contribution in [1.82, 2.24) is 0 Å². The number of hydrogen-bond donors (Lipinski definition) is 1. The highest BCUT2D eigenvalue weighted by Gasteiger charge is 2.18. The van der Waals surface area contributed by atoms with Gasteiger partial charge in [-0.1, -0.05) is 22.0 Å². The predicted octanol–water partition coefficient (Wildman–Crippen LogP) is 3.76. The van der Waals surface area contributed by atoms with Crippen LogP contribution < -0.4 is 10.6 Å². The van der Waals surface area contributed by atoms with Crippen LogP contribution in [0, 0.1) is 12.7 Å². The second kappa shape index (κ2) is 5.63. The van der Waals surface area contributed by atoms with Crippen LogP contribution >= 0.6 is 15.9 Å². The second-order valence-corrected chi connectivity index (χ2v) is 5.43. The first-order valence-corrected chi connectivity index (χ1v) is 6.78. The lowest BCUT2D eigenvalue weighted by molar-refractivity contribution is 0.0992. The van der Waals surface area contributed by atoms with Crippen LogP contribution in [-0.4, -0.2) is 13.0 Å². The van der Waals surface area contributed by atoms with Crippen molar-refractivity contribution in [3.63, 3.8) is 0 Å². The first-order chi connectivity index (χ1) is 9.40. The fraction of sp³-hybridized carbons (Fsp3) is 0.133. The minimum atomic E-state index is -0.382. The van der Waals surface area contributed by atoms with E-state index in [1.165, 1.54) is 17.0 Å². The van der Waals surface area contributed by atoms with Crippen LogP contribution in [0.4, 0.5) is 15.8 Å². The summed E-state index contributed by atoms with van der Waals surface area (Å²) >= 11 is 3.32. The maximum atomic E-state index is 13.2. The van der Waals surface area contributed by atoms with Crippen molar-refractivity contribution in [2.45, 2.75) is 6.92 Å². The van der Waals surface area contributed by atoms with Gasteiger partial charge >= 0.3 is 0 Å². The summed E-state index contributed by atoms with van der Waals surface area (Å²) in [5.74, 6) is -0.617. The molecule has 0 aliphatic rings. The van der Waals surface area contributed by atoms with Crippen molar-refractivity contribution in [2.75, 3.05) is 17.7 Å². The average molecular weight is 337 g/mol. The molecule has 0 aromatic heterocycles. The lowest BCUT2D eigenvalue weighted by Crippen LogP contribution is -2.27. The van der Waals surface area contributed by atoms with E-state index >= 15 is 0 Å². The van der Waals surface area contributed by atoms with Crippen molar-refractivity contribution >= 4 is 33.2 Å². The number of anilines is 2. The number of amides is 1. The van der Waals surface area contributed by atoms with Crippen molar-refractivity contribution in [3.8, 4) is 0 Å². The van der Waals surface area contributed by atoms with Gasteiger partial charge < -0.3 is 10.6 Å². The Morgan fingerprint density at radius 2 is 2.00 bits per heavy atom. The molecule has 3 nitrogen and oxygen atoms in total. The third kappa shape index (κ3) is 2.82. The Bertz CT molecular complexity index is 673. The normalized spacial score (nSPS) is 10.4. The van der Waals surface area contributed by atoms with Gasteiger partial charge in [-0.15, -0.1) is 0 Å². The zero-order chi connectivity index (χ0) is 14.9. The van der Waals surface area contributed by atoms with Crippen LogP contribution in [0.2, 0.25) is 0 Å². The van der Waals surface area contributed by atoms with Gasteiger partial charge in [-0.2, -0.15) is 0 Å². The Labute approximate surface area is 125 Å². The van der Waals surface area contributed by atoms with E-state index in [1.807, 2.05) is 0 Å². The molecule has 1 amide bonds. The molecular weight excluding hydrogens is 323 g/mol. The van der Waals surface area contributed by atoms with Gasteiger partial charge in [-0.05, 0) is 42.8 Å². The topological polar surface area (TPSA) is 46.3 Å². The zero-order valence-electron chi connectivity index (χ0n) is 11.2. The molecule has 2 N–H and O–H groups in total. The van der Waals surface area contributed by atoms with Gasteiger partial charge in [-0.3, -0.25) is 4.79 Å². The lowest BCUT2D eigenvalue weighted by atomic mass is 10.1. The quantitative estimate of drug-likeness (QED) is 0.849. The van der Waals surface area contributed by atoms with Crippen molar-refractivity contribution in [2.24, 2.45) is 0 Å². The SMILES string of the molecule is Cc1c(N)cc(Br)cc1C(=O)N(C)c1cccc(F)c1. The molecule has 2 rings (SSSR count). The Hall–Kier alpha value is -1.88. The molecule has 20 heavy (non-hydrogen) atoms. The first-order valence-electron chi connectivity index (χ1n) is 5.99. The molecule has 0 bridgehead atoms. The highest BCUT2D eigenvalue weighted by atomic mass is 79.9. The highest BCUT2D eigenvalue weighted by molar-refractivity contribution is 9.10. The van der Waals surface area contributed by atoms with E-state index < -0.39 is 0 Å². The number of carbonyl (C=O) groups excluding carboxylic acids is 1. The van der Waals surface area contributed by atoms with Gasteiger partial charge in [0.05, 0.1) is 0 Å². The summed E-state index contributed by atoms with van der Waals surface area (Å²) in [6.45, 7) is 1.79. The average Bonchev–Trinajstić information content (AvgIpc) is 2.41. The summed E-state index contributed by atoms with van der Waals surface area (Å²) in [5, 5.41) is 0. The summed E-state index contributed by atoms with van der Waals surface area (Å²) in [6, 6.07) is 9.35. The van der Waals surface area contributed by atoms with Gasteiger partial charge in [0, 0.05) is 28.5 Å². The molecule has 5 heteroatoms. The number of carbonyl (C=O) groups is 1. The van der Waals surface area contributed by atoms with Crippen LogP contribution in [0.5, 0.6) is 0 Å². The van der Waals surface area contributed by atoms with E-state index in [0.29, 0.717) is 22.5 Å². The molecule has 0 saturated heterocycles. The van der Waals surface area contributed by atoms with E-state index in [4.69, 9.17) is 5.73 Å². The Kier molecular flexibility index (Phi) is 4.09. The minimum absolute atomic E-state index is 0.235. The monoisotopic (exact) mass is 336 g/mol. The van der Waals surface area contributed by atoms with Gasteiger partial charge in [0.15, 0.2) is 0 Å². The minimum Gasteiger partial charge on any atom is -0.398 e. The molecule has 0 saturated carbocycles. The molecular formula is C15H14BrFN2O. The number of nitrogens with zero attached hydrogens (tertiary/aromatic N) is 1. The van der Waals surface area contributed by atoms with Gasteiger partial charge in [-0.25, -0.2) is 4.39 Å². The fourth-order valence-electron chi connectivity index (χ4n) is 1.90. The first kappa shape index (κ1) is 14.5. The van der Waals surface area contributed by atoms with Crippen LogP contribution in [-0.2, 0) is 0 Å². The van der Waals surface area contributed by atoms with Crippen LogP contribution in [0.3, 0.4) is 0 Å². The molecule has 0 aliphatic heterocycles. The van der Waals surface area contributed by atoms with Gasteiger partial charge in [0.25, 0.3) is 5.91 Å². The van der Waals surface area contributed by atoms with Gasteiger partial charge in [0.1, 0.15) is 5.82 Å². The molecule has 2 aromatic carbocycles. The van der Waals surface area contributed by atoms with Crippen molar-refractivity contribution in [1.29, 1.82) is 0 Å². The lowest BCUT2D eigenvalue weighted by Gasteiger charge is -2.19. The summed E-state index contributed by atoms with van der Waals surface area (Å²) in [7, 11) is 1.60. The Morgan fingerprint density at radius 1 is 1.30 bits per heavy atom. The van der Waals surface area contributed by atoms with Crippen molar-refractivity contribution in [3.05, 3.63) is 57.8 Å². The molecule has 0 spiro atoms. The van der Waals surface area contributed by atoms with E-state index in [2.05, 4.69) is 15.9 Å². The number of rotatable bonds is 2. The number of nitrogens with two attached hydrogens (primary N) is 1. The molecule has 0 fully saturated rings. The van der Waals surface area contributed by atoms with E-state index in [1.54, 1.807) is 38.2 Å². The molecule has 0 unspecified atom stereocenters. The molecule has 2 aromatic rings. The number of benzene rings is 2. The molecule has 0 heterocycles. The Balaban J connectivity index is 2.41. The largest absolute Gasteiger partial charge is 0.398 e. The van der Waals surface area contributed by atoms with E-state index in [9.17, 15) is 9.18 Å². The number of halogens is 2. The van der Waals surface area contributed by atoms with Crippen LogP contribution in [0.25, 0.3) is 0 Å². The molecule has 0 radical (unpaired) electrons. The summed E-state index contributed by atoms with van der Waals surface area (Å²) < 4.78 is 14.0. The Morgan fingerprint density at radius 3 is 2.65 bits per heavy atom. The standard InChI is InChI=1S/C15H14BrFN2O/c1-9-13(6-10(16)7-14(9)18)15(20)19(2)12-5-3-4-11(17)8-12/h3-8H,18H2,1-2H3. The third-order valence-corrected chi connectivity index (χ3v) is 3.60. The van der Waals surface area contributed by atoms with Gasteiger partial charge in [0.2, 0.25) is 0 Å².